The first-order valence-electron chi connectivity index (χ1n) is 7.46. The van der Waals surface area contributed by atoms with Crippen LogP contribution in [0.4, 0.5) is 5.69 Å². The second-order valence-electron chi connectivity index (χ2n) is 5.44. The molecular weight excluding hydrogens is 386 g/mol. The molecule has 0 aromatic heterocycles. The number of carbonyl (C=O) groups is 1. The third kappa shape index (κ3) is 5.16. The normalized spacial score (nSPS) is 16.7. The molecule has 1 N–H and O–H groups in total. The Morgan fingerprint density at radius 2 is 2.26 bits per heavy atom. The van der Waals surface area contributed by atoms with Crippen molar-refractivity contribution in [1.82, 2.24) is 10.2 Å². The Labute approximate surface area is 150 Å². The predicted octanol–water partition coefficient (Wildman–Crippen LogP) is 2.92. The highest BCUT2D eigenvalue weighted by atomic mass is 79.9. The fraction of sp³-hybridized carbons (Fsp3) is 0.533. The van der Waals surface area contributed by atoms with Gasteiger partial charge in [-0.1, -0.05) is 28.9 Å². The van der Waals surface area contributed by atoms with Gasteiger partial charge in [0.15, 0.2) is 0 Å². The minimum absolute atomic E-state index is 0. The maximum atomic E-state index is 12.6. The number of halogens is 2. The van der Waals surface area contributed by atoms with Crippen LogP contribution in [0.3, 0.4) is 0 Å². The summed E-state index contributed by atoms with van der Waals surface area (Å²) in [5.74, 6) is 0.0742. The molecular formula is C15H21BrClN3O3. The molecule has 23 heavy (non-hydrogen) atoms. The summed E-state index contributed by atoms with van der Waals surface area (Å²) in [6.07, 6.45) is 2.16. The van der Waals surface area contributed by atoms with Crippen LogP contribution in [-0.4, -0.2) is 41.4 Å². The van der Waals surface area contributed by atoms with Crippen LogP contribution in [0.2, 0.25) is 0 Å². The van der Waals surface area contributed by atoms with Crippen molar-refractivity contribution in [1.29, 1.82) is 0 Å². The lowest BCUT2D eigenvalue weighted by molar-refractivity contribution is -0.384. The summed E-state index contributed by atoms with van der Waals surface area (Å²) in [5, 5.41) is 14.0. The molecule has 1 atom stereocenters. The number of rotatable bonds is 6. The number of benzene rings is 1. The van der Waals surface area contributed by atoms with E-state index < -0.39 is 4.92 Å². The lowest BCUT2D eigenvalue weighted by atomic mass is 10.1. The molecule has 1 amide bonds. The molecule has 2 rings (SSSR count). The minimum Gasteiger partial charge on any atom is -0.338 e. The number of amides is 1. The highest BCUT2D eigenvalue weighted by molar-refractivity contribution is 9.10. The maximum absolute atomic E-state index is 12.6. The van der Waals surface area contributed by atoms with Crippen LogP contribution in [0.25, 0.3) is 0 Å². The van der Waals surface area contributed by atoms with Gasteiger partial charge in [-0.25, -0.2) is 0 Å². The fourth-order valence-electron chi connectivity index (χ4n) is 2.71. The molecule has 6 nitrogen and oxygen atoms in total. The van der Waals surface area contributed by atoms with Gasteiger partial charge < -0.3 is 10.2 Å². The second-order valence-corrected chi connectivity index (χ2v) is 6.30. The van der Waals surface area contributed by atoms with Gasteiger partial charge in [-0.2, -0.15) is 0 Å². The summed E-state index contributed by atoms with van der Waals surface area (Å²) < 4.78 is 0.607. The Balaban J connectivity index is 0.00000264. The van der Waals surface area contributed by atoms with Crippen molar-refractivity contribution >= 4 is 39.9 Å². The van der Waals surface area contributed by atoms with E-state index in [0.717, 1.165) is 38.0 Å². The highest BCUT2D eigenvalue weighted by Crippen LogP contribution is 2.24. The van der Waals surface area contributed by atoms with E-state index in [9.17, 15) is 14.9 Å². The van der Waals surface area contributed by atoms with E-state index in [-0.39, 0.29) is 36.5 Å². The molecule has 1 aliphatic heterocycles. The number of hydrogen-bond donors (Lipinski definition) is 1. The molecule has 128 valence electrons. The van der Waals surface area contributed by atoms with Gasteiger partial charge in [0.05, 0.1) is 11.3 Å². The second kappa shape index (κ2) is 9.20. The van der Waals surface area contributed by atoms with Gasteiger partial charge in [-0.3, -0.25) is 14.9 Å². The Morgan fingerprint density at radius 1 is 1.52 bits per heavy atom. The van der Waals surface area contributed by atoms with E-state index in [2.05, 4.69) is 28.2 Å². The number of hydrogen-bond acceptors (Lipinski definition) is 4. The first kappa shape index (κ1) is 19.9. The SMILES string of the molecule is CCCN(C(=O)Cc1ccc([N+](=O)[O-])cc1Br)C1CCNC1.Cl. The van der Waals surface area contributed by atoms with Gasteiger partial charge in [0.25, 0.3) is 5.69 Å². The molecule has 0 aliphatic carbocycles. The van der Waals surface area contributed by atoms with Crippen molar-refractivity contribution in [3.05, 3.63) is 38.3 Å². The van der Waals surface area contributed by atoms with E-state index >= 15 is 0 Å². The first-order valence-corrected chi connectivity index (χ1v) is 8.25. The summed E-state index contributed by atoms with van der Waals surface area (Å²) in [6, 6.07) is 4.79. The molecule has 0 saturated carbocycles. The molecule has 1 aliphatic rings. The maximum Gasteiger partial charge on any atom is 0.270 e. The van der Waals surface area contributed by atoms with E-state index in [1.54, 1.807) is 6.07 Å². The number of nitrogens with one attached hydrogen (secondary N) is 1. The quantitative estimate of drug-likeness (QED) is 0.582. The van der Waals surface area contributed by atoms with Gasteiger partial charge in [0, 0.05) is 35.7 Å². The number of non-ortho nitro benzene ring substituents is 1. The third-order valence-corrected chi connectivity index (χ3v) is 4.59. The average molecular weight is 407 g/mol. The van der Waals surface area contributed by atoms with E-state index in [0.29, 0.717) is 4.47 Å². The minimum atomic E-state index is -0.441. The summed E-state index contributed by atoms with van der Waals surface area (Å²) in [5.41, 5.74) is 0.802. The van der Waals surface area contributed by atoms with E-state index in [1.807, 2.05) is 4.90 Å². The van der Waals surface area contributed by atoms with Crippen LogP contribution < -0.4 is 5.32 Å². The van der Waals surface area contributed by atoms with Crippen LogP contribution in [0, 0.1) is 10.1 Å². The number of nitrogens with zero attached hydrogens (tertiary/aromatic N) is 2. The van der Waals surface area contributed by atoms with Crippen molar-refractivity contribution in [3.63, 3.8) is 0 Å². The lowest BCUT2D eigenvalue weighted by Crippen LogP contribution is -2.42. The molecule has 8 heteroatoms. The fourth-order valence-corrected chi connectivity index (χ4v) is 3.22. The van der Waals surface area contributed by atoms with Crippen LogP contribution in [0.1, 0.15) is 25.3 Å². The largest absolute Gasteiger partial charge is 0.338 e. The standard InChI is InChI=1S/C15H20BrN3O3.ClH/c1-2-7-18(13-5-6-17-10-13)15(20)8-11-3-4-12(19(21)22)9-14(11)16;/h3-4,9,13,17H,2,5-8,10H2,1H3;1H. The summed E-state index contributed by atoms with van der Waals surface area (Å²) in [7, 11) is 0. The smallest absolute Gasteiger partial charge is 0.270 e. The van der Waals surface area contributed by atoms with Crippen molar-refractivity contribution in [3.8, 4) is 0 Å². The number of nitro groups is 1. The highest BCUT2D eigenvalue weighted by Gasteiger charge is 2.26. The Hall–Kier alpha value is -1.18. The first-order chi connectivity index (χ1) is 10.5. The third-order valence-electron chi connectivity index (χ3n) is 3.85. The molecule has 0 spiro atoms. The molecule has 1 saturated heterocycles. The van der Waals surface area contributed by atoms with Crippen LogP contribution >= 0.6 is 28.3 Å². The van der Waals surface area contributed by atoms with Crippen LogP contribution in [0.15, 0.2) is 22.7 Å². The van der Waals surface area contributed by atoms with Crippen LogP contribution in [0.5, 0.6) is 0 Å². The van der Waals surface area contributed by atoms with E-state index in [4.69, 9.17) is 0 Å². The topological polar surface area (TPSA) is 75.5 Å². The Morgan fingerprint density at radius 3 is 2.78 bits per heavy atom. The Bertz CT molecular complexity index is 565. The average Bonchev–Trinajstić information content (AvgIpc) is 3.00. The monoisotopic (exact) mass is 405 g/mol. The molecule has 1 aromatic rings. The van der Waals surface area contributed by atoms with Gasteiger partial charge in [-0.15, -0.1) is 12.4 Å². The zero-order chi connectivity index (χ0) is 16.1. The lowest BCUT2D eigenvalue weighted by Gasteiger charge is -2.28. The van der Waals surface area contributed by atoms with Gasteiger partial charge in [0.2, 0.25) is 5.91 Å². The summed E-state index contributed by atoms with van der Waals surface area (Å²) in [4.78, 5) is 24.9. The molecule has 1 heterocycles. The number of nitro benzene ring substituents is 1. The van der Waals surface area contributed by atoms with Gasteiger partial charge in [-0.05, 0) is 24.9 Å². The molecule has 0 bridgehead atoms. The van der Waals surface area contributed by atoms with Crippen molar-refractivity contribution < 1.29 is 9.72 Å². The Kier molecular flexibility index (Phi) is 7.94. The van der Waals surface area contributed by atoms with E-state index in [1.165, 1.54) is 12.1 Å². The van der Waals surface area contributed by atoms with Gasteiger partial charge >= 0.3 is 0 Å². The van der Waals surface area contributed by atoms with Crippen molar-refractivity contribution in [2.75, 3.05) is 19.6 Å². The molecule has 1 fully saturated rings. The molecule has 1 aromatic carbocycles. The molecule has 1 unspecified atom stereocenters. The summed E-state index contributed by atoms with van der Waals surface area (Å²) in [6.45, 7) is 4.59. The summed E-state index contributed by atoms with van der Waals surface area (Å²) >= 11 is 3.33. The number of carbonyl (C=O) groups excluding carboxylic acids is 1. The van der Waals surface area contributed by atoms with Gasteiger partial charge in [0.1, 0.15) is 0 Å². The predicted molar refractivity (Wildman–Crippen MR) is 95.0 cm³/mol. The molecule has 0 radical (unpaired) electrons. The van der Waals surface area contributed by atoms with Crippen molar-refractivity contribution in [2.24, 2.45) is 0 Å². The van der Waals surface area contributed by atoms with Crippen LogP contribution in [-0.2, 0) is 11.2 Å². The zero-order valence-electron chi connectivity index (χ0n) is 13.0. The zero-order valence-corrected chi connectivity index (χ0v) is 15.4. The van der Waals surface area contributed by atoms with Crippen molar-refractivity contribution in [2.45, 2.75) is 32.2 Å².